The van der Waals surface area contributed by atoms with E-state index in [1.54, 1.807) is 30.7 Å². The fraction of sp³-hybridized carbons (Fsp3) is 0.0952. The van der Waals surface area contributed by atoms with Crippen LogP contribution in [0.5, 0.6) is 5.75 Å². The molecule has 27 heavy (non-hydrogen) atoms. The number of rotatable bonds is 1. The van der Waals surface area contributed by atoms with Crippen molar-refractivity contribution in [1.82, 2.24) is 19.9 Å². The number of hydrogen-bond acceptors (Lipinski definition) is 5. The number of benzene rings is 1. The Morgan fingerprint density at radius 1 is 1.00 bits per heavy atom. The van der Waals surface area contributed by atoms with Crippen molar-refractivity contribution in [1.29, 1.82) is 0 Å². The number of anilines is 2. The van der Waals surface area contributed by atoms with E-state index in [-0.39, 0.29) is 5.75 Å². The van der Waals surface area contributed by atoms with Crippen LogP contribution in [0.2, 0.25) is 0 Å². The largest absolute Gasteiger partial charge is 0.508 e. The molecule has 0 saturated heterocycles. The van der Waals surface area contributed by atoms with Crippen molar-refractivity contribution in [2.45, 2.75) is 13.8 Å². The number of fused-ring (bicyclic) bond motifs is 5. The molecule has 0 radical (unpaired) electrons. The highest BCUT2D eigenvalue weighted by Crippen LogP contribution is 2.43. The molecule has 0 fully saturated rings. The summed E-state index contributed by atoms with van der Waals surface area (Å²) in [5.41, 5.74) is 7.50. The van der Waals surface area contributed by atoms with E-state index in [0.29, 0.717) is 0 Å². The number of nitrogens with one attached hydrogen (secondary N) is 2. The Bertz CT molecular complexity index is 1110. The first kappa shape index (κ1) is 15.6. The van der Waals surface area contributed by atoms with Gasteiger partial charge in [0.05, 0.1) is 17.6 Å². The Hall–Kier alpha value is -3.67. The Kier molecular flexibility index (Phi) is 3.27. The van der Waals surface area contributed by atoms with Crippen LogP contribution >= 0.6 is 0 Å². The van der Waals surface area contributed by atoms with Crippen molar-refractivity contribution in [3.8, 4) is 39.7 Å². The van der Waals surface area contributed by atoms with Crippen LogP contribution in [0.4, 0.5) is 11.5 Å². The summed E-state index contributed by atoms with van der Waals surface area (Å²) in [5.74, 6) is 1.79. The number of aromatic hydroxyl groups is 1. The lowest BCUT2D eigenvalue weighted by Crippen LogP contribution is -1.96. The second-order valence-electron chi connectivity index (χ2n) is 6.71. The van der Waals surface area contributed by atoms with Crippen LogP contribution in [-0.2, 0) is 0 Å². The normalized spacial score (nSPS) is 11.8. The van der Waals surface area contributed by atoms with Gasteiger partial charge in [-0.2, -0.15) is 0 Å². The first-order chi connectivity index (χ1) is 13.1. The summed E-state index contributed by atoms with van der Waals surface area (Å²) in [5, 5.41) is 13.2. The lowest BCUT2D eigenvalue weighted by molar-refractivity contribution is 0.474. The minimum Gasteiger partial charge on any atom is -0.508 e. The van der Waals surface area contributed by atoms with Gasteiger partial charge in [-0.3, -0.25) is 4.98 Å². The Morgan fingerprint density at radius 2 is 1.81 bits per heavy atom. The number of H-pyrrole nitrogens is 1. The van der Waals surface area contributed by atoms with E-state index < -0.39 is 0 Å². The summed E-state index contributed by atoms with van der Waals surface area (Å²) in [4.78, 5) is 17.2. The van der Waals surface area contributed by atoms with Crippen molar-refractivity contribution in [2.75, 3.05) is 5.32 Å². The zero-order chi connectivity index (χ0) is 18.5. The first-order valence-corrected chi connectivity index (χ1v) is 8.69. The van der Waals surface area contributed by atoms with E-state index in [0.717, 1.165) is 56.5 Å². The summed E-state index contributed by atoms with van der Waals surface area (Å²) in [7, 11) is 0. The SMILES string of the molecule is Cc1cc(O)cc(C)c1-c1nc2c([nH]1)-c1ccncc1Nc1ncccc1-2. The van der Waals surface area contributed by atoms with Crippen LogP contribution in [0.25, 0.3) is 33.9 Å². The molecule has 4 aromatic rings. The minimum absolute atomic E-state index is 0.261. The molecule has 1 aliphatic rings. The zero-order valence-electron chi connectivity index (χ0n) is 14.9. The summed E-state index contributed by atoms with van der Waals surface area (Å²) in [6.45, 7) is 3.95. The molecule has 6 nitrogen and oxygen atoms in total. The minimum atomic E-state index is 0.261. The van der Waals surface area contributed by atoms with Gasteiger partial charge in [-0.05, 0) is 55.3 Å². The van der Waals surface area contributed by atoms with E-state index in [9.17, 15) is 5.11 Å². The topological polar surface area (TPSA) is 86.7 Å². The maximum atomic E-state index is 9.87. The van der Waals surface area contributed by atoms with Gasteiger partial charge in [0.15, 0.2) is 0 Å². The highest BCUT2D eigenvalue weighted by molar-refractivity contribution is 5.95. The monoisotopic (exact) mass is 355 g/mol. The van der Waals surface area contributed by atoms with Crippen LogP contribution in [0.15, 0.2) is 48.9 Å². The second-order valence-corrected chi connectivity index (χ2v) is 6.71. The van der Waals surface area contributed by atoms with Crippen molar-refractivity contribution in [3.63, 3.8) is 0 Å². The molecule has 3 N–H and O–H groups in total. The average Bonchev–Trinajstić information content (AvgIpc) is 3.01. The van der Waals surface area contributed by atoms with E-state index in [1.165, 1.54) is 0 Å². The number of aryl methyl sites for hydroxylation is 2. The van der Waals surface area contributed by atoms with E-state index in [4.69, 9.17) is 4.98 Å². The van der Waals surface area contributed by atoms with Gasteiger partial charge in [0, 0.05) is 29.1 Å². The van der Waals surface area contributed by atoms with Crippen molar-refractivity contribution in [3.05, 3.63) is 60.0 Å². The predicted molar refractivity (Wildman–Crippen MR) is 105 cm³/mol. The molecular formula is C21H17N5O. The number of hydrogen-bond donors (Lipinski definition) is 3. The van der Waals surface area contributed by atoms with Gasteiger partial charge in [0.25, 0.3) is 0 Å². The smallest absolute Gasteiger partial charge is 0.139 e. The molecule has 0 unspecified atom stereocenters. The Labute approximate surface area is 156 Å². The highest BCUT2D eigenvalue weighted by Gasteiger charge is 2.24. The quantitative estimate of drug-likeness (QED) is 0.410. The van der Waals surface area contributed by atoms with Crippen LogP contribution in [-0.4, -0.2) is 25.0 Å². The van der Waals surface area contributed by atoms with Crippen LogP contribution in [0.1, 0.15) is 11.1 Å². The van der Waals surface area contributed by atoms with Crippen molar-refractivity contribution in [2.24, 2.45) is 0 Å². The Morgan fingerprint density at radius 3 is 2.63 bits per heavy atom. The fourth-order valence-electron chi connectivity index (χ4n) is 3.73. The molecule has 1 aliphatic heterocycles. The van der Waals surface area contributed by atoms with Crippen LogP contribution < -0.4 is 5.32 Å². The highest BCUT2D eigenvalue weighted by atomic mass is 16.3. The molecule has 0 amide bonds. The second kappa shape index (κ2) is 5.67. The van der Waals surface area contributed by atoms with Gasteiger partial charge in [-0.15, -0.1) is 0 Å². The molecule has 0 aliphatic carbocycles. The number of aromatic amines is 1. The molecule has 5 rings (SSSR count). The third-order valence-electron chi connectivity index (χ3n) is 4.86. The first-order valence-electron chi connectivity index (χ1n) is 8.69. The number of phenolic OH excluding ortho intramolecular Hbond substituents is 1. The molecular weight excluding hydrogens is 338 g/mol. The van der Waals surface area contributed by atoms with Gasteiger partial charge in [0.1, 0.15) is 23.1 Å². The van der Waals surface area contributed by atoms with E-state index in [1.807, 2.05) is 32.0 Å². The molecule has 0 spiro atoms. The summed E-state index contributed by atoms with van der Waals surface area (Å²) in [6, 6.07) is 9.39. The number of nitrogens with zero attached hydrogens (tertiary/aromatic N) is 3. The molecule has 0 saturated carbocycles. The molecule has 132 valence electrons. The number of pyridine rings is 2. The number of imidazole rings is 1. The van der Waals surface area contributed by atoms with Crippen LogP contribution in [0, 0.1) is 13.8 Å². The van der Waals surface area contributed by atoms with Gasteiger partial charge in [0.2, 0.25) is 0 Å². The number of phenols is 1. The molecule has 0 atom stereocenters. The molecule has 3 aromatic heterocycles. The summed E-state index contributed by atoms with van der Waals surface area (Å²) in [6.07, 6.45) is 5.32. The predicted octanol–water partition coefficient (Wildman–Crippen LogP) is 4.58. The fourth-order valence-corrected chi connectivity index (χ4v) is 3.73. The maximum absolute atomic E-state index is 9.87. The molecule has 0 bridgehead atoms. The maximum Gasteiger partial charge on any atom is 0.139 e. The van der Waals surface area contributed by atoms with E-state index in [2.05, 4.69) is 20.3 Å². The van der Waals surface area contributed by atoms with Crippen molar-refractivity contribution < 1.29 is 5.11 Å². The van der Waals surface area contributed by atoms with Gasteiger partial charge in [-0.25, -0.2) is 9.97 Å². The molecule has 1 aromatic carbocycles. The molecule has 4 heterocycles. The standard InChI is InChI=1S/C21H17N5O/c1-11-8-13(27)9-12(2)17(11)21-25-18-14-5-7-22-10-16(14)24-20-15(19(18)26-21)4-3-6-23-20/h3-10,27H,1-2H3,(H,23,24)(H,25,26). The van der Waals surface area contributed by atoms with Gasteiger partial charge < -0.3 is 15.4 Å². The lowest BCUT2D eigenvalue weighted by atomic mass is 10.0. The van der Waals surface area contributed by atoms with Crippen LogP contribution in [0.3, 0.4) is 0 Å². The van der Waals surface area contributed by atoms with Gasteiger partial charge >= 0.3 is 0 Å². The summed E-state index contributed by atoms with van der Waals surface area (Å²) < 4.78 is 0. The third kappa shape index (κ3) is 2.38. The Balaban J connectivity index is 1.82. The van der Waals surface area contributed by atoms with E-state index >= 15 is 0 Å². The zero-order valence-corrected chi connectivity index (χ0v) is 14.9. The van der Waals surface area contributed by atoms with Crippen molar-refractivity contribution >= 4 is 11.5 Å². The lowest BCUT2D eigenvalue weighted by Gasteiger charge is -2.10. The third-order valence-corrected chi connectivity index (χ3v) is 4.86. The number of aromatic nitrogens is 4. The summed E-state index contributed by atoms with van der Waals surface area (Å²) >= 11 is 0. The molecule has 6 heteroatoms. The average molecular weight is 355 g/mol. The van der Waals surface area contributed by atoms with Gasteiger partial charge in [-0.1, -0.05) is 0 Å².